The summed E-state index contributed by atoms with van der Waals surface area (Å²) in [5.74, 6) is 0.472. The highest BCUT2D eigenvalue weighted by Gasteiger charge is 2.12. The molecule has 0 amide bonds. The third-order valence-electron chi connectivity index (χ3n) is 3.20. The lowest BCUT2D eigenvalue weighted by Crippen LogP contribution is -2.29. The van der Waals surface area contributed by atoms with E-state index in [2.05, 4.69) is 15.0 Å². The van der Waals surface area contributed by atoms with Crippen LogP contribution in [0.15, 0.2) is 36.9 Å². The quantitative estimate of drug-likeness (QED) is 0.631. The summed E-state index contributed by atoms with van der Waals surface area (Å²) in [6, 6.07) is 7.01. The molecule has 1 aromatic carbocycles. The lowest BCUT2D eigenvalue weighted by Gasteiger charge is -2.07. The summed E-state index contributed by atoms with van der Waals surface area (Å²) in [7, 11) is 0.0953. The number of aromatic nitrogens is 4. The van der Waals surface area contributed by atoms with Crippen molar-refractivity contribution in [2.24, 2.45) is 0 Å². The Morgan fingerprint density at radius 2 is 1.90 bits per heavy atom. The van der Waals surface area contributed by atoms with Crippen LogP contribution in [0, 0.1) is 0 Å². The molecule has 0 saturated heterocycles. The fraction of sp³-hybridized carbons (Fsp3) is 0.154. The number of benzene rings is 1. The van der Waals surface area contributed by atoms with Crippen LogP contribution in [0.25, 0.3) is 11.2 Å². The summed E-state index contributed by atoms with van der Waals surface area (Å²) < 4.78 is 7.12. The number of imidazole rings is 1. The predicted molar refractivity (Wildman–Crippen MR) is 77.2 cm³/mol. The van der Waals surface area contributed by atoms with Crippen molar-refractivity contribution in [1.82, 2.24) is 19.5 Å². The maximum absolute atomic E-state index is 9.09. The molecule has 0 bridgehead atoms. The summed E-state index contributed by atoms with van der Waals surface area (Å²) in [4.78, 5) is 12.4. The maximum Gasteiger partial charge on any atom is 0.488 e. The molecule has 0 spiro atoms. The summed E-state index contributed by atoms with van der Waals surface area (Å²) in [5, 5.41) is 18.2. The topological polar surface area (TPSA) is 93.3 Å². The fourth-order valence-electron chi connectivity index (χ4n) is 2.14. The van der Waals surface area contributed by atoms with Crippen LogP contribution < -0.4 is 10.2 Å². The minimum atomic E-state index is -1.46. The van der Waals surface area contributed by atoms with Crippen molar-refractivity contribution >= 4 is 23.7 Å². The van der Waals surface area contributed by atoms with E-state index in [1.165, 1.54) is 6.33 Å². The Balaban J connectivity index is 1.94. The second kappa shape index (κ2) is 5.51. The van der Waals surface area contributed by atoms with Gasteiger partial charge in [-0.2, -0.15) is 4.98 Å². The zero-order valence-electron chi connectivity index (χ0n) is 11.3. The lowest BCUT2D eigenvalue weighted by atomic mass is 9.80. The highest BCUT2D eigenvalue weighted by atomic mass is 16.5. The summed E-state index contributed by atoms with van der Waals surface area (Å²) in [6.45, 7) is 0.558. The Morgan fingerprint density at radius 3 is 2.57 bits per heavy atom. The van der Waals surface area contributed by atoms with E-state index < -0.39 is 7.12 Å². The molecule has 106 valence electrons. The van der Waals surface area contributed by atoms with Crippen molar-refractivity contribution in [2.45, 2.75) is 6.54 Å². The number of methoxy groups -OCH3 is 1. The normalized spacial score (nSPS) is 10.8. The van der Waals surface area contributed by atoms with Gasteiger partial charge in [-0.1, -0.05) is 24.3 Å². The number of fused-ring (bicyclic) bond motifs is 1. The number of ether oxygens (including phenoxy) is 1. The first-order chi connectivity index (χ1) is 10.2. The lowest BCUT2D eigenvalue weighted by molar-refractivity contribution is 0.400. The van der Waals surface area contributed by atoms with Gasteiger partial charge in [0.05, 0.1) is 13.4 Å². The molecule has 21 heavy (non-hydrogen) atoms. The van der Waals surface area contributed by atoms with Gasteiger partial charge in [0, 0.05) is 6.54 Å². The largest absolute Gasteiger partial charge is 0.488 e. The number of nitrogens with zero attached hydrogens (tertiary/aromatic N) is 4. The molecule has 2 N–H and O–H groups in total. The molecule has 0 atom stereocenters. The Hall–Kier alpha value is -2.45. The predicted octanol–water partition coefficient (Wildman–Crippen LogP) is -0.437. The molecular weight excluding hydrogens is 271 g/mol. The molecule has 8 heteroatoms. The second-order valence-electron chi connectivity index (χ2n) is 4.54. The summed E-state index contributed by atoms with van der Waals surface area (Å²) in [5.41, 5.74) is 2.75. The van der Waals surface area contributed by atoms with Crippen LogP contribution in [-0.2, 0) is 6.54 Å². The molecule has 3 aromatic rings. The first kappa shape index (κ1) is 13.5. The third-order valence-corrected chi connectivity index (χ3v) is 3.20. The standard InChI is InChI=1S/C13H13BN4O3/c1-21-13-11-12(15-7-16-13)17-8-18(11)6-9-2-4-10(5-3-9)14(19)20/h2-5,7-8,19-20H,6H2,1H3. The van der Waals surface area contributed by atoms with Crippen LogP contribution >= 0.6 is 0 Å². The molecule has 0 saturated carbocycles. The van der Waals surface area contributed by atoms with Crippen LogP contribution in [0.5, 0.6) is 5.88 Å². The Labute approximate surface area is 121 Å². The highest BCUT2D eigenvalue weighted by Crippen LogP contribution is 2.20. The molecule has 0 fully saturated rings. The van der Waals surface area contributed by atoms with Gasteiger partial charge in [0.25, 0.3) is 0 Å². The van der Waals surface area contributed by atoms with Gasteiger partial charge in [-0.25, -0.2) is 9.97 Å². The van der Waals surface area contributed by atoms with Crippen molar-refractivity contribution in [2.75, 3.05) is 7.11 Å². The monoisotopic (exact) mass is 284 g/mol. The van der Waals surface area contributed by atoms with E-state index in [0.29, 0.717) is 23.5 Å². The molecule has 0 aliphatic carbocycles. The van der Waals surface area contributed by atoms with Gasteiger partial charge in [0.2, 0.25) is 5.88 Å². The Kier molecular flexibility index (Phi) is 3.55. The van der Waals surface area contributed by atoms with E-state index in [-0.39, 0.29) is 0 Å². The van der Waals surface area contributed by atoms with Gasteiger partial charge >= 0.3 is 7.12 Å². The first-order valence-electron chi connectivity index (χ1n) is 6.34. The van der Waals surface area contributed by atoms with Gasteiger partial charge in [-0.15, -0.1) is 0 Å². The van der Waals surface area contributed by atoms with Crippen molar-refractivity contribution in [3.05, 3.63) is 42.5 Å². The van der Waals surface area contributed by atoms with Crippen molar-refractivity contribution < 1.29 is 14.8 Å². The van der Waals surface area contributed by atoms with Gasteiger partial charge in [0.15, 0.2) is 11.2 Å². The average molecular weight is 284 g/mol. The molecule has 7 nitrogen and oxygen atoms in total. The van der Waals surface area contributed by atoms with Crippen LogP contribution in [0.3, 0.4) is 0 Å². The molecule has 3 rings (SSSR count). The zero-order valence-corrected chi connectivity index (χ0v) is 11.3. The first-order valence-corrected chi connectivity index (χ1v) is 6.34. The summed E-state index contributed by atoms with van der Waals surface area (Å²) >= 11 is 0. The Bertz CT molecular complexity index is 758. The van der Waals surface area contributed by atoms with Crippen molar-refractivity contribution in [1.29, 1.82) is 0 Å². The minimum Gasteiger partial charge on any atom is -0.479 e. The van der Waals surface area contributed by atoms with E-state index in [0.717, 1.165) is 11.1 Å². The highest BCUT2D eigenvalue weighted by molar-refractivity contribution is 6.58. The SMILES string of the molecule is COc1ncnc2ncn(Cc3ccc(B(O)O)cc3)c12. The second-order valence-corrected chi connectivity index (χ2v) is 4.54. The smallest absolute Gasteiger partial charge is 0.479 e. The fourth-order valence-corrected chi connectivity index (χ4v) is 2.14. The van der Waals surface area contributed by atoms with Crippen LogP contribution in [0.4, 0.5) is 0 Å². The zero-order chi connectivity index (χ0) is 14.8. The molecule has 0 aliphatic rings. The van der Waals surface area contributed by atoms with E-state index in [1.807, 2.05) is 16.7 Å². The van der Waals surface area contributed by atoms with Crippen molar-refractivity contribution in [3.8, 4) is 5.88 Å². The van der Waals surface area contributed by atoms with E-state index in [1.54, 1.807) is 25.6 Å². The molecule has 2 aromatic heterocycles. The van der Waals surface area contributed by atoms with Crippen molar-refractivity contribution in [3.63, 3.8) is 0 Å². The van der Waals surface area contributed by atoms with E-state index >= 15 is 0 Å². The number of rotatable bonds is 4. The molecule has 0 unspecified atom stereocenters. The molecule has 0 aliphatic heterocycles. The molecule has 2 heterocycles. The third kappa shape index (κ3) is 2.58. The number of hydrogen-bond donors (Lipinski definition) is 2. The van der Waals surface area contributed by atoms with E-state index in [9.17, 15) is 0 Å². The molecular formula is C13H13BN4O3. The van der Waals surface area contributed by atoms with Gasteiger partial charge in [-0.05, 0) is 11.0 Å². The molecule has 0 radical (unpaired) electrons. The van der Waals surface area contributed by atoms with Crippen LogP contribution in [0.1, 0.15) is 5.56 Å². The average Bonchev–Trinajstić information content (AvgIpc) is 2.91. The van der Waals surface area contributed by atoms with Gasteiger partial charge < -0.3 is 19.4 Å². The van der Waals surface area contributed by atoms with Gasteiger partial charge in [-0.3, -0.25) is 0 Å². The summed E-state index contributed by atoms with van der Waals surface area (Å²) in [6.07, 6.45) is 3.09. The van der Waals surface area contributed by atoms with Crippen LogP contribution in [-0.4, -0.2) is 43.8 Å². The minimum absolute atomic E-state index is 0.454. The number of hydrogen-bond acceptors (Lipinski definition) is 6. The maximum atomic E-state index is 9.09. The van der Waals surface area contributed by atoms with Crippen LogP contribution in [0.2, 0.25) is 0 Å². The van der Waals surface area contributed by atoms with Gasteiger partial charge in [0.1, 0.15) is 6.33 Å². The van der Waals surface area contributed by atoms with E-state index in [4.69, 9.17) is 14.8 Å². The Morgan fingerprint density at radius 1 is 1.14 bits per heavy atom.